The third kappa shape index (κ3) is 2.38. The largest absolute Gasteiger partial charge is 0.364 e. The fourth-order valence-electron chi connectivity index (χ4n) is 1.11. The molecule has 0 saturated heterocycles. The summed E-state index contributed by atoms with van der Waals surface area (Å²) in [5.74, 6) is -0.734. The summed E-state index contributed by atoms with van der Waals surface area (Å²) in [6.07, 6.45) is 1.31. The van der Waals surface area contributed by atoms with Crippen LogP contribution in [0.1, 0.15) is 10.5 Å². The number of anilines is 1. The highest BCUT2D eigenvalue weighted by Gasteiger charge is 2.11. The van der Waals surface area contributed by atoms with Crippen LogP contribution in [0.4, 0.5) is 10.1 Å². The van der Waals surface area contributed by atoms with Gasteiger partial charge in [-0.15, -0.1) is 0 Å². The summed E-state index contributed by atoms with van der Waals surface area (Å²) >= 11 is 1.94. The van der Waals surface area contributed by atoms with Crippen molar-refractivity contribution in [2.24, 2.45) is 0 Å². The first kappa shape index (κ1) is 11.1. The number of nitrogens with zero attached hydrogens (tertiary/aromatic N) is 1. The monoisotopic (exact) mass is 332 g/mol. The van der Waals surface area contributed by atoms with E-state index in [1.807, 2.05) is 22.6 Å². The fourth-order valence-corrected chi connectivity index (χ4v) is 1.72. The molecule has 4 nitrogen and oxygen atoms in total. The molecule has 0 atom stereocenters. The zero-order valence-corrected chi connectivity index (χ0v) is 10.1. The minimum Gasteiger partial charge on any atom is -0.364 e. The second kappa shape index (κ2) is 4.60. The smallest absolute Gasteiger partial charge is 0.277 e. The lowest BCUT2D eigenvalue weighted by molar-refractivity contribution is 0.101. The molecule has 1 aromatic heterocycles. The van der Waals surface area contributed by atoms with Gasteiger partial charge < -0.3 is 9.84 Å². The molecule has 1 amide bonds. The standard InChI is InChI=1S/C10H6FIN2O2/c11-6-1-2-8(7(12)5-6)13-10(15)9-3-4-16-14-9/h1-5H,(H,13,15). The van der Waals surface area contributed by atoms with Crippen molar-refractivity contribution in [3.63, 3.8) is 0 Å². The third-order valence-electron chi connectivity index (χ3n) is 1.85. The Hall–Kier alpha value is -1.44. The number of amides is 1. The first-order chi connectivity index (χ1) is 7.66. The van der Waals surface area contributed by atoms with Gasteiger partial charge in [0.1, 0.15) is 12.1 Å². The Morgan fingerprint density at radius 1 is 1.44 bits per heavy atom. The van der Waals surface area contributed by atoms with Crippen molar-refractivity contribution in [3.8, 4) is 0 Å². The van der Waals surface area contributed by atoms with Gasteiger partial charge in [0, 0.05) is 9.64 Å². The summed E-state index contributed by atoms with van der Waals surface area (Å²) in [7, 11) is 0. The second-order valence-electron chi connectivity index (χ2n) is 2.96. The van der Waals surface area contributed by atoms with Crippen molar-refractivity contribution < 1.29 is 13.7 Å². The minimum atomic E-state index is -0.390. The lowest BCUT2D eigenvalue weighted by atomic mass is 10.3. The molecule has 0 fully saturated rings. The summed E-state index contributed by atoms with van der Waals surface area (Å²) in [4.78, 5) is 11.6. The van der Waals surface area contributed by atoms with Crippen LogP contribution in [0.15, 0.2) is 35.1 Å². The normalized spacial score (nSPS) is 10.1. The van der Waals surface area contributed by atoms with E-state index in [0.29, 0.717) is 9.26 Å². The highest BCUT2D eigenvalue weighted by Crippen LogP contribution is 2.19. The quantitative estimate of drug-likeness (QED) is 0.861. The van der Waals surface area contributed by atoms with Crippen LogP contribution in [0.2, 0.25) is 0 Å². The predicted octanol–water partition coefficient (Wildman–Crippen LogP) is 2.67. The molecule has 2 rings (SSSR count). The van der Waals surface area contributed by atoms with Gasteiger partial charge in [0.2, 0.25) is 0 Å². The maximum absolute atomic E-state index is 12.8. The molecular formula is C10H6FIN2O2. The summed E-state index contributed by atoms with van der Waals surface area (Å²) in [5.41, 5.74) is 0.718. The van der Waals surface area contributed by atoms with Crippen molar-refractivity contribution in [2.75, 3.05) is 5.32 Å². The van der Waals surface area contributed by atoms with Gasteiger partial charge in [0.05, 0.1) is 5.69 Å². The third-order valence-corrected chi connectivity index (χ3v) is 2.74. The number of benzene rings is 1. The van der Waals surface area contributed by atoms with E-state index in [1.165, 1.54) is 30.5 Å². The predicted molar refractivity (Wildman–Crippen MR) is 63.6 cm³/mol. The fraction of sp³-hybridized carbons (Fsp3) is 0. The van der Waals surface area contributed by atoms with Crippen LogP contribution < -0.4 is 5.32 Å². The molecule has 0 aliphatic heterocycles. The minimum absolute atomic E-state index is 0.181. The van der Waals surface area contributed by atoms with Gasteiger partial charge in [-0.05, 0) is 40.8 Å². The number of carbonyl (C=O) groups excluding carboxylic acids is 1. The summed E-state index contributed by atoms with van der Waals surface area (Å²) < 4.78 is 18.0. The van der Waals surface area contributed by atoms with Crippen molar-refractivity contribution in [1.82, 2.24) is 5.16 Å². The van der Waals surface area contributed by atoms with Gasteiger partial charge in [-0.2, -0.15) is 0 Å². The number of hydrogen-bond donors (Lipinski definition) is 1. The number of nitrogens with one attached hydrogen (secondary N) is 1. The van der Waals surface area contributed by atoms with E-state index in [4.69, 9.17) is 0 Å². The molecule has 1 heterocycles. The molecule has 0 unspecified atom stereocenters. The second-order valence-corrected chi connectivity index (χ2v) is 4.13. The average molecular weight is 332 g/mol. The number of aromatic nitrogens is 1. The molecule has 1 aromatic carbocycles. The van der Waals surface area contributed by atoms with Gasteiger partial charge in [-0.3, -0.25) is 4.79 Å². The molecule has 2 aromatic rings. The number of hydrogen-bond acceptors (Lipinski definition) is 3. The molecule has 0 spiro atoms. The van der Waals surface area contributed by atoms with Gasteiger partial charge in [-0.25, -0.2) is 4.39 Å². The first-order valence-electron chi connectivity index (χ1n) is 4.33. The maximum Gasteiger partial charge on any atom is 0.277 e. The van der Waals surface area contributed by atoms with Crippen LogP contribution >= 0.6 is 22.6 Å². The summed E-state index contributed by atoms with van der Waals surface area (Å²) in [5, 5.41) is 6.10. The Morgan fingerprint density at radius 2 is 2.25 bits per heavy atom. The van der Waals surface area contributed by atoms with E-state index < -0.39 is 5.91 Å². The molecule has 1 N–H and O–H groups in total. The Labute approximate surface area is 104 Å². The zero-order valence-electron chi connectivity index (χ0n) is 7.91. The molecular weight excluding hydrogens is 326 g/mol. The Bertz CT molecular complexity index is 514. The van der Waals surface area contributed by atoms with Crippen molar-refractivity contribution >= 4 is 34.2 Å². The van der Waals surface area contributed by atoms with Crippen LogP contribution in [-0.2, 0) is 0 Å². The van der Waals surface area contributed by atoms with E-state index in [-0.39, 0.29) is 11.5 Å². The lowest BCUT2D eigenvalue weighted by Crippen LogP contribution is -2.13. The van der Waals surface area contributed by atoms with Crippen LogP contribution in [-0.4, -0.2) is 11.1 Å². The lowest BCUT2D eigenvalue weighted by Gasteiger charge is -2.05. The van der Waals surface area contributed by atoms with Gasteiger partial charge in [0.25, 0.3) is 5.91 Å². The van der Waals surface area contributed by atoms with E-state index in [0.717, 1.165) is 0 Å². The average Bonchev–Trinajstić information content (AvgIpc) is 2.75. The van der Waals surface area contributed by atoms with E-state index in [2.05, 4.69) is 15.0 Å². The maximum atomic E-state index is 12.8. The van der Waals surface area contributed by atoms with E-state index in [9.17, 15) is 9.18 Å². The summed E-state index contributed by atoms with van der Waals surface area (Å²) in [6, 6.07) is 5.56. The van der Waals surface area contributed by atoms with Crippen molar-refractivity contribution in [1.29, 1.82) is 0 Å². The van der Waals surface area contributed by atoms with Crippen molar-refractivity contribution in [2.45, 2.75) is 0 Å². The van der Waals surface area contributed by atoms with Crippen LogP contribution in [0.5, 0.6) is 0 Å². The molecule has 16 heavy (non-hydrogen) atoms. The molecule has 82 valence electrons. The molecule has 0 saturated carbocycles. The molecule has 0 bridgehead atoms. The molecule has 0 aliphatic rings. The Balaban J connectivity index is 2.18. The molecule has 0 aliphatic carbocycles. The van der Waals surface area contributed by atoms with Crippen LogP contribution in [0.25, 0.3) is 0 Å². The highest BCUT2D eigenvalue weighted by molar-refractivity contribution is 14.1. The number of halogens is 2. The van der Waals surface area contributed by atoms with Crippen molar-refractivity contribution in [3.05, 3.63) is 45.6 Å². The van der Waals surface area contributed by atoms with E-state index >= 15 is 0 Å². The Kier molecular flexibility index (Phi) is 3.18. The van der Waals surface area contributed by atoms with Gasteiger partial charge in [-0.1, -0.05) is 5.16 Å². The molecule has 0 radical (unpaired) electrons. The topological polar surface area (TPSA) is 55.1 Å². The van der Waals surface area contributed by atoms with E-state index in [1.54, 1.807) is 0 Å². The first-order valence-corrected chi connectivity index (χ1v) is 5.41. The Morgan fingerprint density at radius 3 is 2.88 bits per heavy atom. The summed E-state index contributed by atoms with van der Waals surface area (Å²) in [6.45, 7) is 0. The van der Waals surface area contributed by atoms with Gasteiger partial charge in [0.15, 0.2) is 5.69 Å². The zero-order chi connectivity index (χ0) is 11.5. The number of carbonyl (C=O) groups is 1. The highest BCUT2D eigenvalue weighted by atomic mass is 127. The van der Waals surface area contributed by atoms with Gasteiger partial charge >= 0.3 is 0 Å². The van der Waals surface area contributed by atoms with Crippen LogP contribution in [0.3, 0.4) is 0 Å². The van der Waals surface area contributed by atoms with Crippen LogP contribution in [0, 0.1) is 9.39 Å². The number of rotatable bonds is 2. The molecule has 6 heteroatoms. The SMILES string of the molecule is O=C(Nc1ccc(F)cc1I)c1ccon1.